The molecule has 0 fully saturated rings. The number of halogens is 2. The highest BCUT2D eigenvalue weighted by Gasteiger charge is 2.18. The largest absolute Gasteiger partial charge is 0.385 e. The quantitative estimate of drug-likeness (QED) is 0.809. The molecule has 1 rings (SSSR count). The van der Waals surface area contributed by atoms with Gasteiger partial charge in [0.1, 0.15) is 11.6 Å². The van der Waals surface area contributed by atoms with Crippen LogP contribution in [0.4, 0.5) is 8.78 Å². The molecule has 0 saturated carbocycles. The monoisotopic (exact) mass is 229 g/mol. The molecule has 0 aliphatic rings. The Morgan fingerprint density at radius 3 is 2.44 bits per heavy atom. The fourth-order valence-electron chi connectivity index (χ4n) is 1.67. The fraction of sp³-hybridized carbons (Fsp3) is 0.500. The minimum Gasteiger partial charge on any atom is -0.385 e. The topological polar surface area (TPSA) is 21.3 Å². The summed E-state index contributed by atoms with van der Waals surface area (Å²) in [6, 6.07) is 3.57. The highest BCUT2D eigenvalue weighted by Crippen LogP contribution is 2.23. The second kappa shape index (κ2) is 6.55. The van der Waals surface area contributed by atoms with Gasteiger partial charge in [-0.2, -0.15) is 0 Å². The summed E-state index contributed by atoms with van der Waals surface area (Å²) in [4.78, 5) is 0. The Hall–Kier alpha value is -1.00. The molecule has 16 heavy (non-hydrogen) atoms. The first-order chi connectivity index (χ1) is 7.70. The van der Waals surface area contributed by atoms with Gasteiger partial charge in [-0.25, -0.2) is 8.78 Å². The van der Waals surface area contributed by atoms with Gasteiger partial charge in [0.25, 0.3) is 0 Å². The van der Waals surface area contributed by atoms with E-state index in [-0.39, 0.29) is 11.6 Å². The second-order valence-electron chi connectivity index (χ2n) is 3.53. The number of ether oxygens (including phenoxy) is 1. The summed E-state index contributed by atoms with van der Waals surface area (Å²) >= 11 is 0. The van der Waals surface area contributed by atoms with Crippen molar-refractivity contribution in [3.63, 3.8) is 0 Å². The van der Waals surface area contributed by atoms with Crippen molar-refractivity contribution in [2.24, 2.45) is 0 Å². The zero-order valence-corrected chi connectivity index (χ0v) is 9.59. The average Bonchev–Trinajstić information content (AvgIpc) is 2.25. The molecule has 0 amide bonds. The molecule has 1 N–H and O–H groups in total. The molecule has 0 bridgehead atoms. The van der Waals surface area contributed by atoms with Crippen LogP contribution in [0.5, 0.6) is 0 Å². The number of hydrogen-bond donors (Lipinski definition) is 1. The van der Waals surface area contributed by atoms with Crippen molar-refractivity contribution in [3.8, 4) is 0 Å². The Balaban J connectivity index is 2.90. The highest BCUT2D eigenvalue weighted by molar-refractivity contribution is 5.23. The lowest BCUT2D eigenvalue weighted by Crippen LogP contribution is -2.24. The van der Waals surface area contributed by atoms with Gasteiger partial charge in [-0.05, 0) is 25.1 Å². The Kier molecular flexibility index (Phi) is 5.35. The lowest BCUT2D eigenvalue weighted by atomic mass is 10.0. The molecule has 0 spiro atoms. The molecule has 1 aromatic carbocycles. The lowest BCUT2D eigenvalue weighted by molar-refractivity contribution is 0.182. The van der Waals surface area contributed by atoms with Gasteiger partial charge in [0.2, 0.25) is 0 Å². The van der Waals surface area contributed by atoms with E-state index >= 15 is 0 Å². The zero-order chi connectivity index (χ0) is 12.0. The number of methoxy groups -OCH3 is 1. The van der Waals surface area contributed by atoms with E-state index in [4.69, 9.17) is 4.74 Å². The van der Waals surface area contributed by atoms with Gasteiger partial charge in [-0.1, -0.05) is 13.0 Å². The molecule has 0 aliphatic heterocycles. The minimum atomic E-state index is -0.512. The zero-order valence-electron chi connectivity index (χ0n) is 9.59. The van der Waals surface area contributed by atoms with Gasteiger partial charge >= 0.3 is 0 Å². The Morgan fingerprint density at radius 2 is 1.94 bits per heavy atom. The van der Waals surface area contributed by atoms with Crippen LogP contribution in [0.25, 0.3) is 0 Å². The molecule has 4 heteroatoms. The first-order valence-electron chi connectivity index (χ1n) is 5.37. The maximum atomic E-state index is 13.5. The van der Waals surface area contributed by atoms with Crippen LogP contribution >= 0.6 is 0 Å². The minimum absolute atomic E-state index is 0.0985. The third-order valence-electron chi connectivity index (χ3n) is 2.41. The average molecular weight is 229 g/mol. The maximum absolute atomic E-state index is 13.5. The van der Waals surface area contributed by atoms with Crippen LogP contribution in [-0.2, 0) is 4.74 Å². The standard InChI is InChI=1S/C12H17F2NO/c1-3-15-11(7-8-16-2)12-9(13)5-4-6-10(12)14/h4-6,11,15H,3,7-8H2,1-2H3. The van der Waals surface area contributed by atoms with Gasteiger partial charge in [0.15, 0.2) is 0 Å². The first kappa shape index (κ1) is 13.1. The second-order valence-corrected chi connectivity index (χ2v) is 3.53. The van der Waals surface area contributed by atoms with E-state index < -0.39 is 11.6 Å². The van der Waals surface area contributed by atoms with Crippen LogP contribution in [0.2, 0.25) is 0 Å². The summed E-state index contributed by atoms with van der Waals surface area (Å²) in [7, 11) is 1.57. The van der Waals surface area contributed by atoms with Crippen LogP contribution in [0.3, 0.4) is 0 Å². The van der Waals surface area contributed by atoms with E-state index in [1.54, 1.807) is 7.11 Å². The van der Waals surface area contributed by atoms with E-state index in [9.17, 15) is 8.78 Å². The molecular formula is C12H17F2NO. The van der Waals surface area contributed by atoms with Crippen LogP contribution in [-0.4, -0.2) is 20.3 Å². The lowest BCUT2D eigenvalue weighted by Gasteiger charge is -2.19. The maximum Gasteiger partial charge on any atom is 0.130 e. The highest BCUT2D eigenvalue weighted by atomic mass is 19.1. The molecule has 1 unspecified atom stereocenters. The molecule has 1 atom stereocenters. The van der Waals surface area contributed by atoms with Crippen molar-refractivity contribution in [2.75, 3.05) is 20.3 Å². The summed E-state index contributed by atoms with van der Waals surface area (Å²) in [6.45, 7) is 3.02. The predicted molar refractivity (Wildman–Crippen MR) is 59.3 cm³/mol. The molecule has 0 radical (unpaired) electrons. The molecule has 90 valence electrons. The summed E-state index contributed by atoms with van der Waals surface area (Å²) in [5.74, 6) is -1.02. The summed E-state index contributed by atoms with van der Waals surface area (Å²) < 4.78 is 32.0. The van der Waals surface area contributed by atoms with Gasteiger partial charge in [-0.3, -0.25) is 0 Å². The fourth-order valence-corrected chi connectivity index (χ4v) is 1.67. The summed E-state index contributed by atoms with van der Waals surface area (Å²) in [5.41, 5.74) is 0.0985. The number of hydrogen-bond acceptors (Lipinski definition) is 2. The van der Waals surface area contributed by atoms with Crippen LogP contribution in [0, 0.1) is 11.6 Å². The molecule has 0 aliphatic carbocycles. The van der Waals surface area contributed by atoms with E-state index in [0.717, 1.165) is 0 Å². The van der Waals surface area contributed by atoms with E-state index in [2.05, 4.69) is 5.32 Å². The van der Waals surface area contributed by atoms with Crippen LogP contribution in [0.15, 0.2) is 18.2 Å². The number of rotatable bonds is 6. The van der Waals surface area contributed by atoms with E-state index in [0.29, 0.717) is 19.6 Å². The summed E-state index contributed by atoms with van der Waals surface area (Å²) in [6.07, 6.45) is 0.544. The summed E-state index contributed by atoms with van der Waals surface area (Å²) in [5, 5.41) is 3.06. The molecule has 0 saturated heterocycles. The third-order valence-corrected chi connectivity index (χ3v) is 2.41. The molecule has 0 heterocycles. The predicted octanol–water partition coefficient (Wildman–Crippen LogP) is 2.65. The SMILES string of the molecule is CCNC(CCOC)c1c(F)cccc1F. The molecule has 1 aromatic rings. The van der Waals surface area contributed by atoms with Crippen molar-refractivity contribution in [2.45, 2.75) is 19.4 Å². The number of nitrogens with one attached hydrogen (secondary N) is 1. The van der Waals surface area contributed by atoms with Crippen molar-refractivity contribution in [3.05, 3.63) is 35.4 Å². The van der Waals surface area contributed by atoms with Crippen molar-refractivity contribution < 1.29 is 13.5 Å². The number of benzene rings is 1. The van der Waals surface area contributed by atoms with Crippen molar-refractivity contribution in [1.29, 1.82) is 0 Å². The first-order valence-corrected chi connectivity index (χ1v) is 5.37. The van der Waals surface area contributed by atoms with E-state index in [1.807, 2.05) is 6.92 Å². The van der Waals surface area contributed by atoms with E-state index in [1.165, 1.54) is 18.2 Å². The van der Waals surface area contributed by atoms with Gasteiger partial charge in [-0.15, -0.1) is 0 Å². The Morgan fingerprint density at radius 1 is 1.31 bits per heavy atom. The Bertz CT molecular complexity index is 311. The molecule has 0 aromatic heterocycles. The van der Waals surface area contributed by atoms with Crippen molar-refractivity contribution in [1.82, 2.24) is 5.32 Å². The normalized spacial score (nSPS) is 12.8. The van der Waals surface area contributed by atoms with Crippen LogP contribution < -0.4 is 5.32 Å². The molecule has 2 nitrogen and oxygen atoms in total. The third kappa shape index (κ3) is 3.25. The smallest absolute Gasteiger partial charge is 0.130 e. The van der Waals surface area contributed by atoms with Gasteiger partial charge in [0, 0.05) is 25.3 Å². The van der Waals surface area contributed by atoms with Gasteiger partial charge < -0.3 is 10.1 Å². The van der Waals surface area contributed by atoms with Crippen molar-refractivity contribution >= 4 is 0 Å². The van der Waals surface area contributed by atoms with Gasteiger partial charge in [0.05, 0.1) is 0 Å². The van der Waals surface area contributed by atoms with Crippen LogP contribution in [0.1, 0.15) is 24.9 Å². The molecular weight excluding hydrogens is 212 g/mol. The Labute approximate surface area is 94.6 Å².